The molecule has 0 aliphatic carbocycles. The van der Waals surface area contributed by atoms with E-state index in [9.17, 15) is 9.59 Å². The summed E-state index contributed by atoms with van der Waals surface area (Å²) < 4.78 is 0. The molecule has 1 aliphatic rings. The summed E-state index contributed by atoms with van der Waals surface area (Å²) in [6.45, 7) is 5.00. The highest BCUT2D eigenvalue weighted by Gasteiger charge is 2.29. The molecule has 2 unspecified atom stereocenters. The van der Waals surface area contributed by atoms with E-state index in [0.717, 1.165) is 25.9 Å². The number of amides is 1. The van der Waals surface area contributed by atoms with Gasteiger partial charge in [0.2, 0.25) is 5.91 Å². The van der Waals surface area contributed by atoms with E-state index in [4.69, 9.17) is 5.11 Å². The van der Waals surface area contributed by atoms with E-state index >= 15 is 0 Å². The van der Waals surface area contributed by atoms with E-state index in [1.807, 2.05) is 4.90 Å². The van der Waals surface area contributed by atoms with Crippen LogP contribution in [0, 0.1) is 0 Å². The van der Waals surface area contributed by atoms with Gasteiger partial charge in [-0.15, -0.1) is 0 Å². The molecule has 0 aromatic carbocycles. The largest absolute Gasteiger partial charge is 0.480 e. The number of carboxylic acids is 1. The summed E-state index contributed by atoms with van der Waals surface area (Å²) in [6, 6.07) is -1.02. The van der Waals surface area contributed by atoms with Crippen molar-refractivity contribution < 1.29 is 14.7 Å². The van der Waals surface area contributed by atoms with Gasteiger partial charge >= 0.3 is 5.97 Å². The highest BCUT2D eigenvalue weighted by Crippen LogP contribution is 2.13. The van der Waals surface area contributed by atoms with Crippen molar-refractivity contribution in [2.75, 3.05) is 20.1 Å². The van der Waals surface area contributed by atoms with Crippen molar-refractivity contribution in [2.45, 2.75) is 51.6 Å². The maximum atomic E-state index is 12.3. The van der Waals surface area contributed by atoms with Crippen LogP contribution in [0.15, 0.2) is 0 Å². The zero-order valence-corrected chi connectivity index (χ0v) is 11.6. The first-order valence-corrected chi connectivity index (χ1v) is 6.68. The average molecular weight is 256 g/mol. The van der Waals surface area contributed by atoms with Crippen molar-refractivity contribution in [3.05, 3.63) is 0 Å². The molecule has 1 aliphatic heterocycles. The molecule has 0 radical (unpaired) electrons. The van der Waals surface area contributed by atoms with Gasteiger partial charge in [-0.2, -0.15) is 0 Å². The lowest BCUT2D eigenvalue weighted by molar-refractivity contribution is -0.145. The Morgan fingerprint density at radius 3 is 2.00 bits per heavy atom. The molecular weight excluding hydrogens is 232 g/mol. The third-order valence-electron chi connectivity index (χ3n) is 3.85. The van der Waals surface area contributed by atoms with Crippen molar-refractivity contribution in [1.29, 1.82) is 0 Å². The fourth-order valence-electron chi connectivity index (χ4n) is 2.24. The Bertz CT molecular complexity index is 299. The van der Waals surface area contributed by atoms with Crippen LogP contribution in [-0.2, 0) is 9.59 Å². The second-order valence-corrected chi connectivity index (χ2v) is 5.10. The number of aliphatic carboxylic acids is 1. The Kier molecular flexibility index (Phi) is 5.59. The minimum absolute atomic E-state index is 0.0486. The summed E-state index contributed by atoms with van der Waals surface area (Å²) >= 11 is 0. The van der Waals surface area contributed by atoms with Gasteiger partial charge in [-0.05, 0) is 33.7 Å². The molecule has 5 heteroatoms. The molecule has 18 heavy (non-hydrogen) atoms. The summed E-state index contributed by atoms with van der Waals surface area (Å²) in [5.74, 6) is -0.847. The molecule has 0 spiro atoms. The molecule has 0 aromatic rings. The van der Waals surface area contributed by atoms with Crippen LogP contribution >= 0.6 is 0 Å². The SMILES string of the molecule is CC(C(=O)O)N(C)C(C)C(=O)N1CCCCCC1. The Labute approximate surface area is 109 Å². The van der Waals surface area contributed by atoms with E-state index in [1.165, 1.54) is 12.8 Å². The van der Waals surface area contributed by atoms with Crippen molar-refractivity contribution in [1.82, 2.24) is 9.80 Å². The normalized spacial score (nSPS) is 20.3. The summed E-state index contributed by atoms with van der Waals surface area (Å²) in [6.07, 6.45) is 4.46. The molecule has 1 fully saturated rings. The van der Waals surface area contributed by atoms with E-state index < -0.39 is 12.0 Å². The number of hydrogen-bond acceptors (Lipinski definition) is 3. The predicted octanol–water partition coefficient (Wildman–Crippen LogP) is 1.18. The lowest BCUT2D eigenvalue weighted by atomic mass is 10.2. The topological polar surface area (TPSA) is 60.9 Å². The molecule has 0 aromatic heterocycles. The van der Waals surface area contributed by atoms with Gasteiger partial charge in [0.15, 0.2) is 0 Å². The molecule has 1 saturated heterocycles. The Hall–Kier alpha value is -1.10. The highest BCUT2D eigenvalue weighted by molar-refractivity contribution is 5.82. The lowest BCUT2D eigenvalue weighted by Crippen LogP contribution is -2.50. The first-order valence-electron chi connectivity index (χ1n) is 6.68. The van der Waals surface area contributed by atoms with Crippen molar-refractivity contribution in [2.24, 2.45) is 0 Å². The van der Waals surface area contributed by atoms with E-state index in [-0.39, 0.29) is 11.9 Å². The second kappa shape index (κ2) is 6.73. The number of likely N-dealkylation sites (tertiary alicyclic amines) is 1. The fourth-order valence-corrected chi connectivity index (χ4v) is 2.24. The number of carboxylic acid groups (broad SMARTS) is 1. The highest BCUT2D eigenvalue weighted by atomic mass is 16.4. The fraction of sp³-hybridized carbons (Fsp3) is 0.846. The van der Waals surface area contributed by atoms with Gasteiger partial charge in [0.05, 0.1) is 6.04 Å². The summed E-state index contributed by atoms with van der Waals surface area (Å²) in [5, 5.41) is 8.97. The van der Waals surface area contributed by atoms with Crippen molar-refractivity contribution in [3.8, 4) is 0 Å². The third-order valence-corrected chi connectivity index (χ3v) is 3.85. The summed E-state index contributed by atoms with van der Waals surface area (Å²) in [4.78, 5) is 26.7. The summed E-state index contributed by atoms with van der Waals surface area (Å²) in [5.41, 5.74) is 0. The van der Waals surface area contributed by atoms with E-state index in [2.05, 4.69) is 0 Å². The first-order chi connectivity index (χ1) is 8.45. The number of carbonyl (C=O) groups is 2. The predicted molar refractivity (Wildman–Crippen MR) is 69.4 cm³/mol. The Morgan fingerprint density at radius 2 is 1.56 bits per heavy atom. The van der Waals surface area contributed by atoms with E-state index in [0.29, 0.717) is 0 Å². The third kappa shape index (κ3) is 3.70. The van der Waals surface area contributed by atoms with Crippen molar-refractivity contribution >= 4 is 11.9 Å². The maximum absolute atomic E-state index is 12.3. The molecular formula is C13H24N2O3. The second-order valence-electron chi connectivity index (χ2n) is 5.10. The number of nitrogens with zero attached hydrogens (tertiary/aromatic N) is 2. The van der Waals surface area contributed by atoms with Crippen LogP contribution in [0.3, 0.4) is 0 Å². The molecule has 0 bridgehead atoms. The van der Waals surface area contributed by atoms with Gasteiger partial charge in [0, 0.05) is 13.1 Å². The van der Waals surface area contributed by atoms with Gasteiger partial charge in [0.1, 0.15) is 6.04 Å². The van der Waals surface area contributed by atoms with Crippen LogP contribution in [0.5, 0.6) is 0 Å². The van der Waals surface area contributed by atoms with Crippen LogP contribution in [0.25, 0.3) is 0 Å². The lowest BCUT2D eigenvalue weighted by Gasteiger charge is -2.31. The van der Waals surface area contributed by atoms with Crippen LogP contribution in [0.2, 0.25) is 0 Å². The quantitative estimate of drug-likeness (QED) is 0.820. The number of hydrogen-bond donors (Lipinski definition) is 1. The number of carbonyl (C=O) groups excluding carboxylic acids is 1. The Balaban J connectivity index is 2.61. The van der Waals surface area contributed by atoms with Gasteiger partial charge < -0.3 is 10.0 Å². The van der Waals surface area contributed by atoms with Crippen molar-refractivity contribution in [3.63, 3.8) is 0 Å². The molecule has 2 atom stereocenters. The smallest absolute Gasteiger partial charge is 0.320 e. The number of likely N-dealkylation sites (N-methyl/N-ethyl adjacent to an activating group) is 1. The Morgan fingerprint density at radius 1 is 1.06 bits per heavy atom. The zero-order valence-electron chi connectivity index (χ0n) is 11.6. The first kappa shape index (κ1) is 15.0. The molecule has 104 valence electrons. The van der Waals surface area contributed by atoms with Crippen LogP contribution in [0.4, 0.5) is 0 Å². The monoisotopic (exact) mass is 256 g/mol. The van der Waals surface area contributed by atoms with Crippen LogP contribution in [-0.4, -0.2) is 59.0 Å². The molecule has 0 saturated carbocycles. The van der Waals surface area contributed by atoms with Gasteiger partial charge in [-0.25, -0.2) is 0 Å². The maximum Gasteiger partial charge on any atom is 0.320 e. The molecule has 1 amide bonds. The molecule has 1 heterocycles. The van der Waals surface area contributed by atoms with Gasteiger partial charge in [0.25, 0.3) is 0 Å². The standard InChI is InChI=1S/C13H24N2O3/c1-10(14(3)11(2)13(17)18)12(16)15-8-6-4-5-7-9-15/h10-11H,4-9H2,1-3H3,(H,17,18). The average Bonchev–Trinajstić information content (AvgIpc) is 2.63. The minimum Gasteiger partial charge on any atom is -0.480 e. The zero-order chi connectivity index (χ0) is 13.7. The number of rotatable bonds is 4. The van der Waals surface area contributed by atoms with Crippen LogP contribution in [0.1, 0.15) is 39.5 Å². The van der Waals surface area contributed by atoms with E-state index in [1.54, 1.807) is 25.8 Å². The van der Waals surface area contributed by atoms with Crippen LogP contribution < -0.4 is 0 Å². The summed E-state index contributed by atoms with van der Waals surface area (Å²) in [7, 11) is 1.69. The van der Waals surface area contributed by atoms with Gasteiger partial charge in [-0.3, -0.25) is 14.5 Å². The molecule has 1 rings (SSSR count). The minimum atomic E-state index is -0.895. The van der Waals surface area contributed by atoms with Gasteiger partial charge in [-0.1, -0.05) is 12.8 Å². The molecule has 5 nitrogen and oxygen atoms in total. The molecule has 1 N–H and O–H groups in total.